The van der Waals surface area contributed by atoms with Crippen LogP contribution in [-0.4, -0.2) is 18.4 Å². The van der Waals surface area contributed by atoms with Crippen LogP contribution in [0, 0.1) is 11.6 Å². The van der Waals surface area contributed by atoms with E-state index in [-0.39, 0.29) is 12.3 Å². The maximum absolute atomic E-state index is 13.4. The molecule has 0 aliphatic carbocycles. The smallest absolute Gasteiger partial charge is 0.252 e. The molecule has 2 aromatic rings. The quantitative estimate of drug-likeness (QED) is 0.802. The number of carbonyl (C=O) groups excluding carboxylic acids is 2. The highest BCUT2D eigenvalue weighted by molar-refractivity contribution is 7.08. The summed E-state index contributed by atoms with van der Waals surface area (Å²) in [5, 5.41) is 8.38. The highest BCUT2D eigenvalue weighted by Gasteiger charge is 2.11. The van der Waals surface area contributed by atoms with Gasteiger partial charge in [-0.3, -0.25) is 9.59 Å². The second-order valence-electron chi connectivity index (χ2n) is 4.52. The van der Waals surface area contributed by atoms with Gasteiger partial charge in [-0.1, -0.05) is 6.07 Å². The average Bonchev–Trinajstić information content (AvgIpc) is 3.02. The van der Waals surface area contributed by atoms with Gasteiger partial charge in [-0.25, -0.2) is 8.78 Å². The summed E-state index contributed by atoms with van der Waals surface area (Å²) >= 11 is 1.42. The Kier molecular flexibility index (Phi) is 5.60. The van der Waals surface area contributed by atoms with Crippen molar-refractivity contribution in [2.24, 2.45) is 0 Å². The van der Waals surface area contributed by atoms with Crippen LogP contribution in [0.2, 0.25) is 0 Å². The van der Waals surface area contributed by atoms with Crippen LogP contribution >= 0.6 is 11.3 Å². The molecule has 7 heteroatoms. The lowest BCUT2D eigenvalue weighted by Gasteiger charge is -2.08. The van der Waals surface area contributed by atoms with Crippen molar-refractivity contribution >= 4 is 28.8 Å². The summed E-state index contributed by atoms with van der Waals surface area (Å²) in [6.07, 6.45) is 0.426. The lowest BCUT2D eigenvalue weighted by molar-refractivity contribution is -0.116. The Morgan fingerprint density at radius 3 is 2.50 bits per heavy atom. The van der Waals surface area contributed by atoms with Crippen LogP contribution in [0.15, 0.2) is 35.0 Å². The standard InChI is InChI=1S/C15H14F2N2O2S/c16-11-3-1-4-12(17)14(11)19-13(20)5-2-7-18-15(21)10-6-8-22-9-10/h1,3-4,6,8-9H,2,5,7H2,(H,18,21)(H,19,20). The van der Waals surface area contributed by atoms with Crippen LogP contribution in [0.3, 0.4) is 0 Å². The van der Waals surface area contributed by atoms with Crippen LogP contribution in [0.4, 0.5) is 14.5 Å². The molecule has 4 nitrogen and oxygen atoms in total. The third-order valence-electron chi connectivity index (χ3n) is 2.88. The number of rotatable bonds is 6. The van der Waals surface area contributed by atoms with E-state index in [0.717, 1.165) is 12.1 Å². The maximum Gasteiger partial charge on any atom is 0.252 e. The van der Waals surface area contributed by atoms with Crippen LogP contribution in [0.25, 0.3) is 0 Å². The summed E-state index contributed by atoms with van der Waals surface area (Å²) in [5.41, 5.74) is 0.123. The molecule has 0 radical (unpaired) electrons. The number of anilines is 1. The van der Waals surface area contributed by atoms with Crippen LogP contribution in [-0.2, 0) is 4.79 Å². The van der Waals surface area contributed by atoms with E-state index in [2.05, 4.69) is 10.6 Å². The van der Waals surface area contributed by atoms with Gasteiger partial charge in [0, 0.05) is 23.9 Å². The van der Waals surface area contributed by atoms with Crippen molar-refractivity contribution in [2.45, 2.75) is 12.8 Å². The van der Waals surface area contributed by atoms with E-state index in [1.165, 1.54) is 17.4 Å². The van der Waals surface area contributed by atoms with Crippen molar-refractivity contribution in [3.05, 3.63) is 52.2 Å². The molecule has 2 rings (SSSR count). The van der Waals surface area contributed by atoms with Gasteiger partial charge >= 0.3 is 0 Å². The second kappa shape index (κ2) is 7.65. The molecule has 2 amide bonds. The predicted octanol–water partition coefficient (Wildman–Crippen LogP) is 3.18. The number of hydrogen-bond acceptors (Lipinski definition) is 3. The van der Waals surface area contributed by atoms with Gasteiger partial charge in [0.2, 0.25) is 5.91 Å². The summed E-state index contributed by atoms with van der Waals surface area (Å²) in [7, 11) is 0. The zero-order chi connectivity index (χ0) is 15.9. The van der Waals surface area contributed by atoms with Gasteiger partial charge in [0.1, 0.15) is 17.3 Å². The zero-order valence-corrected chi connectivity index (χ0v) is 12.4. The first-order valence-corrected chi connectivity index (χ1v) is 7.56. The fourth-order valence-corrected chi connectivity index (χ4v) is 2.40. The monoisotopic (exact) mass is 324 g/mol. The molecular weight excluding hydrogens is 310 g/mol. The summed E-state index contributed by atoms with van der Waals surface area (Å²) in [4.78, 5) is 23.3. The Morgan fingerprint density at radius 2 is 1.86 bits per heavy atom. The molecule has 116 valence electrons. The van der Waals surface area contributed by atoms with Gasteiger partial charge < -0.3 is 10.6 Å². The molecule has 0 bridgehead atoms. The fraction of sp³-hybridized carbons (Fsp3) is 0.200. The van der Waals surface area contributed by atoms with E-state index in [1.54, 1.807) is 16.8 Å². The third kappa shape index (κ3) is 4.36. The van der Waals surface area contributed by atoms with E-state index >= 15 is 0 Å². The summed E-state index contributed by atoms with van der Waals surface area (Å²) in [6.45, 7) is 0.307. The van der Waals surface area contributed by atoms with E-state index in [0.29, 0.717) is 18.5 Å². The lowest BCUT2D eigenvalue weighted by Crippen LogP contribution is -2.25. The summed E-state index contributed by atoms with van der Waals surface area (Å²) in [5.74, 6) is -2.35. The molecule has 2 N–H and O–H groups in total. The second-order valence-corrected chi connectivity index (χ2v) is 5.30. The molecule has 0 spiro atoms. The maximum atomic E-state index is 13.4. The Labute approximate surface area is 130 Å². The Hall–Kier alpha value is -2.28. The first kappa shape index (κ1) is 16.1. The molecule has 22 heavy (non-hydrogen) atoms. The Bertz CT molecular complexity index is 639. The first-order chi connectivity index (χ1) is 10.6. The molecule has 0 fully saturated rings. The molecule has 0 saturated heterocycles. The van der Waals surface area contributed by atoms with Gasteiger partial charge in [0.25, 0.3) is 5.91 Å². The lowest BCUT2D eigenvalue weighted by atomic mass is 10.2. The summed E-state index contributed by atoms with van der Waals surface area (Å²) in [6, 6.07) is 5.06. The number of nitrogens with one attached hydrogen (secondary N) is 2. The van der Waals surface area contributed by atoms with Gasteiger partial charge in [-0.15, -0.1) is 0 Å². The third-order valence-corrected chi connectivity index (χ3v) is 3.56. The van der Waals surface area contributed by atoms with Gasteiger partial charge in [0.15, 0.2) is 0 Å². The average molecular weight is 324 g/mol. The molecule has 0 aliphatic heterocycles. The number of halogens is 2. The zero-order valence-electron chi connectivity index (χ0n) is 11.6. The van der Waals surface area contributed by atoms with Crippen LogP contribution in [0.1, 0.15) is 23.2 Å². The van der Waals surface area contributed by atoms with Crippen LogP contribution in [0.5, 0.6) is 0 Å². The summed E-state index contributed by atoms with van der Waals surface area (Å²) < 4.78 is 26.7. The van der Waals surface area contributed by atoms with Crippen molar-refractivity contribution in [1.82, 2.24) is 5.32 Å². The number of thiophene rings is 1. The van der Waals surface area contributed by atoms with Gasteiger partial charge in [-0.05, 0) is 30.0 Å². The van der Waals surface area contributed by atoms with Gasteiger partial charge in [-0.2, -0.15) is 11.3 Å². The SMILES string of the molecule is O=C(CCCNC(=O)c1ccsc1)Nc1c(F)cccc1F. The van der Waals surface area contributed by atoms with Crippen molar-refractivity contribution in [2.75, 3.05) is 11.9 Å². The Balaban J connectivity index is 1.73. The van der Waals surface area contributed by atoms with E-state index in [4.69, 9.17) is 0 Å². The molecule has 1 aromatic heterocycles. The first-order valence-electron chi connectivity index (χ1n) is 6.62. The van der Waals surface area contributed by atoms with E-state index in [9.17, 15) is 18.4 Å². The van der Waals surface area contributed by atoms with Crippen LogP contribution < -0.4 is 10.6 Å². The minimum absolute atomic E-state index is 0.0533. The van der Waals surface area contributed by atoms with Crippen molar-refractivity contribution in [3.8, 4) is 0 Å². The fourth-order valence-electron chi connectivity index (χ4n) is 1.77. The van der Waals surface area contributed by atoms with Crippen molar-refractivity contribution in [1.29, 1.82) is 0 Å². The molecule has 0 saturated carbocycles. The number of hydrogen-bond donors (Lipinski definition) is 2. The molecule has 1 heterocycles. The van der Waals surface area contributed by atoms with Crippen molar-refractivity contribution < 1.29 is 18.4 Å². The highest BCUT2D eigenvalue weighted by Crippen LogP contribution is 2.18. The minimum atomic E-state index is -0.820. The number of para-hydroxylation sites is 1. The molecule has 0 atom stereocenters. The van der Waals surface area contributed by atoms with Gasteiger partial charge in [0.05, 0.1) is 0 Å². The largest absolute Gasteiger partial charge is 0.352 e. The Morgan fingerprint density at radius 1 is 1.14 bits per heavy atom. The van der Waals surface area contributed by atoms with Crippen molar-refractivity contribution in [3.63, 3.8) is 0 Å². The molecule has 0 unspecified atom stereocenters. The molecule has 0 aliphatic rings. The normalized spacial score (nSPS) is 10.3. The molecular formula is C15H14F2N2O2S. The number of amides is 2. The number of carbonyl (C=O) groups is 2. The van der Waals surface area contributed by atoms with E-state index in [1.807, 2.05) is 0 Å². The van der Waals surface area contributed by atoms with E-state index < -0.39 is 23.2 Å². The highest BCUT2D eigenvalue weighted by atomic mass is 32.1. The predicted molar refractivity (Wildman–Crippen MR) is 80.9 cm³/mol. The topological polar surface area (TPSA) is 58.2 Å². The molecule has 1 aromatic carbocycles. The number of benzene rings is 1. The minimum Gasteiger partial charge on any atom is -0.352 e.